The van der Waals surface area contributed by atoms with Crippen LogP contribution in [0.25, 0.3) is 0 Å². The van der Waals surface area contributed by atoms with Gasteiger partial charge in [0.25, 0.3) is 0 Å². The largest absolute Gasteiger partial charge is 0.507 e. The number of anilines is 1. The van der Waals surface area contributed by atoms with Crippen LogP contribution in [0.1, 0.15) is 68.8 Å². The van der Waals surface area contributed by atoms with Crippen molar-refractivity contribution < 1.29 is 58.3 Å². The van der Waals surface area contributed by atoms with E-state index in [1.165, 1.54) is 37.4 Å². The fourth-order valence-corrected chi connectivity index (χ4v) is 4.41. The van der Waals surface area contributed by atoms with Crippen molar-refractivity contribution in [1.82, 2.24) is 10.6 Å². The molecule has 0 aliphatic carbocycles. The van der Waals surface area contributed by atoms with Gasteiger partial charge >= 0.3 is 29.9 Å². The van der Waals surface area contributed by atoms with Gasteiger partial charge in [-0.15, -0.1) is 0 Å². The van der Waals surface area contributed by atoms with Crippen molar-refractivity contribution in [3.63, 3.8) is 0 Å². The zero-order chi connectivity index (χ0) is 35.9. The van der Waals surface area contributed by atoms with E-state index in [2.05, 4.69) is 15.4 Å². The lowest BCUT2D eigenvalue weighted by atomic mass is 10.0. The van der Waals surface area contributed by atoms with E-state index >= 15 is 0 Å². The summed E-state index contributed by atoms with van der Waals surface area (Å²) in [6, 6.07) is 9.54. The first-order chi connectivity index (χ1) is 22.6. The summed E-state index contributed by atoms with van der Waals surface area (Å²) in [5.74, 6) is -5.18. The van der Waals surface area contributed by atoms with Gasteiger partial charge in [-0.1, -0.05) is 18.2 Å². The molecule has 262 valence electrons. The van der Waals surface area contributed by atoms with E-state index in [9.17, 15) is 39.0 Å². The Morgan fingerprint density at radius 3 is 2.21 bits per heavy atom. The number of ether oxygens (including phenoxy) is 3. The predicted molar refractivity (Wildman–Crippen MR) is 172 cm³/mol. The Bertz CT molecular complexity index is 1440. The number of hydrogen-bond acceptors (Lipinski definition) is 10. The van der Waals surface area contributed by atoms with Crippen LogP contribution in [0.5, 0.6) is 11.5 Å². The van der Waals surface area contributed by atoms with E-state index in [1.54, 1.807) is 32.9 Å². The molecule has 3 amide bonds. The molecule has 2 aromatic carbocycles. The highest BCUT2D eigenvalue weighted by Crippen LogP contribution is 2.28. The Kier molecular flexibility index (Phi) is 15.1. The molecule has 0 aliphatic rings. The van der Waals surface area contributed by atoms with E-state index in [-0.39, 0.29) is 68.1 Å². The number of carboxylic acids is 2. The van der Waals surface area contributed by atoms with Crippen molar-refractivity contribution in [1.29, 1.82) is 0 Å². The first kappa shape index (κ1) is 38.8. The maximum absolute atomic E-state index is 13.2. The molecule has 2 rings (SSSR count). The second kappa shape index (κ2) is 18.7. The number of alkyl carbamates (subject to hydrolysis) is 1. The number of unbranched alkanes of at least 4 members (excludes halogenated alkanes) is 2. The maximum atomic E-state index is 13.2. The lowest BCUT2D eigenvalue weighted by molar-refractivity contribution is -0.148. The lowest BCUT2D eigenvalue weighted by Gasteiger charge is -2.24. The van der Waals surface area contributed by atoms with Crippen LogP contribution in [0.3, 0.4) is 0 Å². The number of amides is 3. The van der Waals surface area contributed by atoms with Crippen LogP contribution in [0, 0.1) is 0 Å². The number of aliphatic carboxylic acids is 2. The van der Waals surface area contributed by atoms with Crippen LogP contribution >= 0.6 is 0 Å². The quantitative estimate of drug-likeness (QED) is 0.0929. The molecule has 15 nitrogen and oxygen atoms in total. The smallest absolute Gasteiger partial charge is 0.408 e. The standard InChI is InChI=1S/C33H43N3O12/c1-33(2,3)48-32(45)35-23(28(40)34-17-6-8-19-47-25-11-9-10-24(37)27(25)31(44)46-4)20-21-13-15-22(16-14-21)36(29(41)30(42)43)18-7-5-12-26(38)39/h9-11,13-16,23,37H,5-8,12,17-20H2,1-4H3,(H,34,40)(H,35,45)(H,38,39)(H,42,43)/t23-/m0/s1. The number of phenols is 1. The average Bonchev–Trinajstić information content (AvgIpc) is 3.01. The Hall–Kier alpha value is -5.34. The number of methoxy groups -OCH3 is 1. The predicted octanol–water partition coefficient (Wildman–Crippen LogP) is 3.26. The number of rotatable bonds is 17. The minimum atomic E-state index is -1.66. The van der Waals surface area contributed by atoms with Gasteiger partial charge in [0.15, 0.2) is 0 Å². The third-order valence-corrected chi connectivity index (χ3v) is 6.67. The van der Waals surface area contributed by atoms with Crippen LogP contribution in [0.4, 0.5) is 10.5 Å². The van der Waals surface area contributed by atoms with Gasteiger partial charge in [0.1, 0.15) is 28.7 Å². The zero-order valence-corrected chi connectivity index (χ0v) is 27.4. The summed E-state index contributed by atoms with van der Waals surface area (Å²) in [4.78, 5) is 73.3. The van der Waals surface area contributed by atoms with Crippen LogP contribution in [0.15, 0.2) is 42.5 Å². The highest BCUT2D eigenvalue weighted by Gasteiger charge is 2.26. The van der Waals surface area contributed by atoms with E-state index in [4.69, 9.17) is 14.6 Å². The first-order valence-electron chi connectivity index (χ1n) is 15.3. The fraction of sp³-hybridized carbons (Fsp3) is 0.455. The van der Waals surface area contributed by atoms with E-state index in [0.717, 1.165) is 4.90 Å². The normalized spacial score (nSPS) is 11.5. The van der Waals surface area contributed by atoms with Gasteiger partial charge in [-0.2, -0.15) is 0 Å². The zero-order valence-electron chi connectivity index (χ0n) is 27.4. The van der Waals surface area contributed by atoms with Crippen molar-refractivity contribution in [3.8, 4) is 11.5 Å². The number of hydrogen-bond donors (Lipinski definition) is 5. The molecule has 0 bridgehead atoms. The SMILES string of the molecule is COC(=O)c1c(O)cccc1OCCCCNC(=O)[C@H](Cc1ccc(N(CCCCC(=O)O)C(=O)C(=O)O)cc1)NC(=O)OC(C)(C)C. The van der Waals surface area contributed by atoms with Gasteiger partial charge < -0.3 is 45.1 Å². The Morgan fingerprint density at radius 1 is 0.917 bits per heavy atom. The van der Waals surface area contributed by atoms with Crippen LogP contribution in [0.2, 0.25) is 0 Å². The highest BCUT2D eigenvalue weighted by atomic mass is 16.6. The minimum absolute atomic E-state index is 0.00566. The molecule has 0 fully saturated rings. The molecule has 1 atom stereocenters. The monoisotopic (exact) mass is 673 g/mol. The molecule has 0 aromatic heterocycles. The Morgan fingerprint density at radius 2 is 1.60 bits per heavy atom. The number of nitrogens with one attached hydrogen (secondary N) is 2. The molecule has 0 saturated heterocycles. The minimum Gasteiger partial charge on any atom is -0.507 e. The number of aromatic hydroxyl groups is 1. The van der Waals surface area contributed by atoms with Gasteiger partial charge in [-0.3, -0.25) is 14.4 Å². The second-order valence-corrected chi connectivity index (χ2v) is 11.7. The first-order valence-corrected chi connectivity index (χ1v) is 15.3. The van der Waals surface area contributed by atoms with Gasteiger partial charge in [0.2, 0.25) is 5.91 Å². The highest BCUT2D eigenvalue weighted by molar-refractivity contribution is 6.37. The summed E-state index contributed by atoms with van der Waals surface area (Å²) in [5.41, 5.74) is -0.0475. The molecule has 5 N–H and O–H groups in total. The molecule has 48 heavy (non-hydrogen) atoms. The van der Waals surface area contributed by atoms with E-state index < -0.39 is 47.5 Å². The Labute approximate surface area is 278 Å². The molecule has 0 saturated carbocycles. The van der Waals surface area contributed by atoms with Crippen molar-refractivity contribution in [2.75, 3.05) is 31.7 Å². The number of esters is 1. The summed E-state index contributed by atoms with van der Waals surface area (Å²) < 4.78 is 15.7. The molecule has 0 radical (unpaired) electrons. The van der Waals surface area contributed by atoms with Crippen molar-refractivity contribution in [3.05, 3.63) is 53.6 Å². The van der Waals surface area contributed by atoms with Crippen molar-refractivity contribution in [2.24, 2.45) is 0 Å². The maximum Gasteiger partial charge on any atom is 0.408 e. The topological polar surface area (TPSA) is 218 Å². The summed E-state index contributed by atoms with van der Waals surface area (Å²) in [5, 5.41) is 33.5. The number of carboxylic acid groups (broad SMARTS) is 2. The molecule has 0 unspecified atom stereocenters. The molecular formula is C33H43N3O12. The molecule has 0 aliphatic heterocycles. The fourth-order valence-electron chi connectivity index (χ4n) is 4.41. The van der Waals surface area contributed by atoms with E-state index in [0.29, 0.717) is 18.4 Å². The average molecular weight is 674 g/mol. The second-order valence-electron chi connectivity index (χ2n) is 11.7. The third-order valence-electron chi connectivity index (χ3n) is 6.67. The summed E-state index contributed by atoms with van der Waals surface area (Å²) >= 11 is 0. The lowest BCUT2D eigenvalue weighted by Crippen LogP contribution is -2.49. The number of carbonyl (C=O) groups is 6. The summed E-state index contributed by atoms with van der Waals surface area (Å²) in [6.45, 7) is 5.44. The summed E-state index contributed by atoms with van der Waals surface area (Å²) in [7, 11) is 1.19. The molecule has 0 spiro atoms. The number of benzene rings is 2. The van der Waals surface area contributed by atoms with E-state index in [1.807, 2.05) is 0 Å². The van der Waals surface area contributed by atoms with Crippen LogP contribution in [-0.2, 0) is 35.1 Å². The van der Waals surface area contributed by atoms with Crippen LogP contribution in [-0.4, -0.2) is 89.6 Å². The third kappa shape index (κ3) is 13.2. The van der Waals surface area contributed by atoms with Crippen molar-refractivity contribution in [2.45, 2.75) is 70.9 Å². The van der Waals surface area contributed by atoms with Gasteiger partial charge in [-0.25, -0.2) is 14.4 Å². The van der Waals surface area contributed by atoms with Gasteiger partial charge in [0, 0.05) is 31.6 Å². The molecular weight excluding hydrogens is 630 g/mol. The van der Waals surface area contributed by atoms with Gasteiger partial charge in [-0.05, 0) is 76.3 Å². The summed E-state index contributed by atoms with van der Waals surface area (Å²) in [6.07, 6.45) is 0.590. The number of nitrogens with zero attached hydrogens (tertiary/aromatic N) is 1. The molecule has 15 heteroatoms. The molecule has 0 heterocycles. The van der Waals surface area contributed by atoms with Crippen LogP contribution < -0.4 is 20.3 Å². The van der Waals surface area contributed by atoms with Gasteiger partial charge in [0.05, 0.1) is 13.7 Å². The van der Waals surface area contributed by atoms with Crippen molar-refractivity contribution >= 4 is 41.5 Å². The number of phenolic OH excluding ortho intramolecular Hbond substituents is 1. The Balaban J connectivity index is 2.05. The molecule has 2 aromatic rings. The number of carbonyl (C=O) groups excluding carboxylic acids is 4.